The largest absolute Gasteiger partial charge is 0.497 e. The number of alkyl halides is 1. The lowest BCUT2D eigenvalue weighted by molar-refractivity contribution is 0.367. The number of hydrogen-bond acceptors (Lipinski definition) is 1. The molecule has 1 aromatic carbocycles. The molecule has 1 aliphatic rings. The number of methoxy groups -OCH3 is 1. The van der Waals surface area contributed by atoms with E-state index in [0.29, 0.717) is 5.92 Å². The van der Waals surface area contributed by atoms with Crippen LogP contribution in [0, 0.1) is 5.92 Å². The van der Waals surface area contributed by atoms with Crippen molar-refractivity contribution in [1.29, 1.82) is 0 Å². The molecule has 2 rings (SSSR count). The zero-order valence-corrected chi connectivity index (χ0v) is 13.8. The molecule has 19 heavy (non-hydrogen) atoms. The van der Waals surface area contributed by atoms with E-state index in [9.17, 15) is 0 Å². The Kier molecular flexibility index (Phi) is 6.03. The van der Waals surface area contributed by atoms with Crippen molar-refractivity contribution in [2.75, 3.05) is 7.11 Å². The summed E-state index contributed by atoms with van der Waals surface area (Å²) in [7, 11) is 1.69. The second-order valence-electron chi connectivity index (χ2n) is 5.39. The maximum atomic E-state index is 6.74. The number of ether oxygens (including phenoxy) is 1. The highest BCUT2D eigenvalue weighted by atomic mass is 79.9. The van der Waals surface area contributed by atoms with Crippen molar-refractivity contribution in [1.82, 2.24) is 0 Å². The predicted molar refractivity (Wildman–Crippen MR) is 85.1 cm³/mol. The molecule has 0 N–H and O–H groups in total. The van der Waals surface area contributed by atoms with E-state index >= 15 is 0 Å². The monoisotopic (exact) mass is 344 g/mol. The van der Waals surface area contributed by atoms with Gasteiger partial charge in [0.05, 0.1) is 12.5 Å². The van der Waals surface area contributed by atoms with Crippen molar-refractivity contribution in [3.05, 3.63) is 28.2 Å². The maximum absolute atomic E-state index is 6.74. The molecule has 0 heterocycles. The maximum Gasteiger partial charge on any atom is 0.120 e. The van der Waals surface area contributed by atoms with Crippen LogP contribution in [0.4, 0.5) is 0 Å². The summed E-state index contributed by atoms with van der Waals surface area (Å²) in [4.78, 5) is 0. The average molecular weight is 346 g/mol. The van der Waals surface area contributed by atoms with E-state index < -0.39 is 0 Å². The van der Waals surface area contributed by atoms with Gasteiger partial charge in [0.25, 0.3) is 0 Å². The lowest BCUT2D eigenvalue weighted by atomic mass is 9.86. The van der Waals surface area contributed by atoms with Gasteiger partial charge in [-0.2, -0.15) is 0 Å². The van der Waals surface area contributed by atoms with Crippen LogP contribution in [-0.4, -0.2) is 7.11 Å². The summed E-state index contributed by atoms with van der Waals surface area (Å²) >= 11 is 10.4. The number of benzene rings is 1. The molecule has 0 bridgehead atoms. The fraction of sp³-hybridized carbons (Fsp3) is 0.625. The first-order chi connectivity index (χ1) is 9.22. The van der Waals surface area contributed by atoms with Gasteiger partial charge in [-0.25, -0.2) is 0 Å². The van der Waals surface area contributed by atoms with E-state index in [4.69, 9.17) is 16.3 Å². The minimum Gasteiger partial charge on any atom is -0.497 e. The zero-order valence-electron chi connectivity index (χ0n) is 11.5. The molecule has 106 valence electrons. The molecule has 0 aliphatic heterocycles. The summed E-state index contributed by atoms with van der Waals surface area (Å²) in [6.07, 6.45) is 9.28. The van der Waals surface area contributed by atoms with Gasteiger partial charge in [0.15, 0.2) is 0 Å². The highest BCUT2D eigenvalue weighted by molar-refractivity contribution is 9.10. The first-order valence-corrected chi connectivity index (χ1v) is 8.43. The molecule has 1 aliphatic carbocycles. The average Bonchev–Trinajstić information content (AvgIpc) is 2.37. The van der Waals surface area contributed by atoms with Crippen LogP contribution in [0.3, 0.4) is 0 Å². The Morgan fingerprint density at radius 2 is 1.79 bits per heavy atom. The third kappa shape index (κ3) is 4.13. The third-order valence-electron chi connectivity index (χ3n) is 4.07. The van der Waals surface area contributed by atoms with Crippen LogP contribution in [0.2, 0.25) is 0 Å². The Morgan fingerprint density at radius 3 is 2.37 bits per heavy atom. The van der Waals surface area contributed by atoms with E-state index in [1.807, 2.05) is 12.1 Å². The normalized spacial score (nSPS) is 19.5. The van der Waals surface area contributed by atoms with Crippen molar-refractivity contribution in [3.8, 4) is 5.75 Å². The first kappa shape index (κ1) is 15.2. The van der Waals surface area contributed by atoms with Crippen molar-refractivity contribution < 1.29 is 4.74 Å². The molecule has 1 unspecified atom stereocenters. The topological polar surface area (TPSA) is 9.23 Å². The van der Waals surface area contributed by atoms with Gasteiger partial charge in [0.1, 0.15) is 5.75 Å². The standard InChI is InChI=1S/C16H22BrClO/c1-19-13-9-10-14(15(17)11-13)16(18)12-7-5-3-2-4-6-8-12/h9-12,16H,2-8H2,1H3. The highest BCUT2D eigenvalue weighted by Crippen LogP contribution is 2.41. The van der Waals surface area contributed by atoms with E-state index in [2.05, 4.69) is 22.0 Å². The van der Waals surface area contributed by atoms with Crippen LogP contribution in [-0.2, 0) is 0 Å². The quantitative estimate of drug-likeness (QED) is 0.601. The van der Waals surface area contributed by atoms with Crippen molar-refractivity contribution in [2.24, 2.45) is 5.92 Å². The molecule has 0 aromatic heterocycles. The van der Waals surface area contributed by atoms with E-state index in [1.54, 1.807) is 7.11 Å². The van der Waals surface area contributed by atoms with Gasteiger partial charge in [0, 0.05) is 4.47 Å². The fourth-order valence-electron chi connectivity index (χ4n) is 2.89. The minimum absolute atomic E-state index is 0.110. The van der Waals surface area contributed by atoms with Crippen LogP contribution in [0.25, 0.3) is 0 Å². The lowest BCUT2D eigenvalue weighted by Gasteiger charge is -2.25. The van der Waals surface area contributed by atoms with Crippen LogP contribution in [0.5, 0.6) is 5.75 Å². The molecule has 0 saturated heterocycles. The summed E-state index contributed by atoms with van der Waals surface area (Å²) in [5.41, 5.74) is 1.20. The Bertz CT molecular complexity index is 400. The van der Waals surface area contributed by atoms with Gasteiger partial charge >= 0.3 is 0 Å². The zero-order chi connectivity index (χ0) is 13.7. The molecule has 1 aromatic rings. The van der Waals surface area contributed by atoms with Gasteiger partial charge < -0.3 is 4.74 Å². The van der Waals surface area contributed by atoms with Gasteiger partial charge in [-0.05, 0) is 36.5 Å². The molecule has 0 amide bonds. The second kappa shape index (κ2) is 7.54. The predicted octanol–water partition coefficient (Wildman–Crippen LogP) is 6.10. The Hall–Kier alpha value is -0.210. The van der Waals surface area contributed by atoms with Crippen molar-refractivity contribution in [3.63, 3.8) is 0 Å². The van der Waals surface area contributed by atoms with Gasteiger partial charge in [-0.15, -0.1) is 11.6 Å². The molecular formula is C16H22BrClO. The Morgan fingerprint density at radius 1 is 1.16 bits per heavy atom. The molecular weight excluding hydrogens is 324 g/mol. The number of rotatable bonds is 3. The van der Waals surface area contributed by atoms with E-state index in [-0.39, 0.29) is 5.38 Å². The lowest BCUT2D eigenvalue weighted by Crippen LogP contribution is -2.11. The molecule has 1 saturated carbocycles. The minimum atomic E-state index is 0.110. The van der Waals surface area contributed by atoms with Gasteiger partial charge in [-0.3, -0.25) is 0 Å². The Labute approximate surface area is 129 Å². The van der Waals surface area contributed by atoms with E-state index in [1.165, 1.54) is 50.5 Å². The summed E-state index contributed by atoms with van der Waals surface area (Å²) in [5.74, 6) is 1.48. The van der Waals surface area contributed by atoms with Crippen LogP contribution < -0.4 is 4.74 Å². The van der Waals surface area contributed by atoms with Crippen LogP contribution in [0.1, 0.15) is 55.9 Å². The summed E-state index contributed by atoms with van der Waals surface area (Å²) in [6.45, 7) is 0. The van der Waals surface area contributed by atoms with Crippen LogP contribution in [0.15, 0.2) is 22.7 Å². The fourth-order valence-corrected chi connectivity index (χ4v) is 4.07. The molecule has 1 fully saturated rings. The first-order valence-electron chi connectivity index (χ1n) is 7.20. The molecule has 1 atom stereocenters. The van der Waals surface area contributed by atoms with Gasteiger partial charge in [-0.1, -0.05) is 54.1 Å². The number of halogens is 2. The SMILES string of the molecule is COc1ccc(C(Cl)C2CCCCCCC2)c(Br)c1. The third-order valence-corrected chi connectivity index (χ3v) is 5.35. The molecule has 0 radical (unpaired) electrons. The molecule has 0 spiro atoms. The van der Waals surface area contributed by atoms with Crippen molar-refractivity contribution >= 4 is 27.5 Å². The number of hydrogen-bond donors (Lipinski definition) is 0. The molecule has 3 heteroatoms. The van der Waals surface area contributed by atoms with Crippen LogP contribution >= 0.6 is 27.5 Å². The summed E-state index contributed by atoms with van der Waals surface area (Å²) in [5, 5.41) is 0.110. The van der Waals surface area contributed by atoms with E-state index in [0.717, 1.165) is 10.2 Å². The van der Waals surface area contributed by atoms with Gasteiger partial charge in [0.2, 0.25) is 0 Å². The van der Waals surface area contributed by atoms with Crippen molar-refractivity contribution in [2.45, 2.75) is 50.3 Å². The highest BCUT2D eigenvalue weighted by Gasteiger charge is 2.23. The Balaban J connectivity index is 2.10. The summed E-state index contributed by atoms with van der Waals surface area (Å²) in [6, 6.07) is 6.10. The smallest absolute Gasteiger partial charge is 0.120 e. The second-order valence-corrected chi connectivity index (χ2v) is 6.72. The summed E-state index contributed by atoms with van der Waals surface area (Å²) < 4.78 is 6.30. The molecule has 1 nitrogen and oxygen atoms in total.